The van der Waals surface area contributed by atoms with Crippen LogP contribution < -0.4 is 10.6 Å². The van der Waals surface area contributed by atoms with Crippen LogP contribution in [0.5, 0.6) is 0 Å². The van der Waals surface area contributed by atoms with E-state index in [0.29, 0.717) is 38.7 Å². The molecule has 0 aromatic heterocycles. The highest BCUT2D eigenvalue weighted by molar-refractivity contribution is 6.41. The topological polar surface area (TPSA) is 101 Å². The Morgan fingerprint density at radius 1 is 1.44 bits per heavy atom. The predicted octanol–water partition coefficient (Wildman–Crippen LogP) is 1.03. The number of amides is 1. The average Bonchev–Trinajstić information content (AvgIpc) is 3.44. The molecule has 0 bridgehead atoms. The van der Waals surface area contributed by atoms with Gasteiger partial charge in [-0.15, -0.1) is 0 Å². The van der Waals surface area contributed by atoms with Crippen LogP contribution in [-0.2, 0) is 9.53 Å². The van der Waals surface area contributed by atoms with Crippen molar-refractivity contribution in [3.63, 3.8) is 0 Å². The quantitative estimate of drug-likeness (QED) is 0.405. The molecule has 0 unspecified atom stereocenters. The van der Waals surface area contributed by atoms with Crippen LogP contribution in [0.4, 0.5) is 0 Å². The second-order valence-corrected chi connectivity index (χ2v) is 6.99. The molecule has 25 heavy (non-hydrogen) atoms. The normalized spacial score (nSPS) is 19.6. The largest absolute Gasteiger partial charge is 0.390 e. The van der Waals surface area contributed by atoms with E-state index in [1.165, 1.54) is 18.9 Å². The smallest absolute Gasteiger partial charge is 0.271 e. The number of piperidine rings is 1. The van der Waals surface area contributed by atoms with E-state index in [0.717, 1.165) is 19.4 Å². The molecular formula is C18H29N5O2. The van der Waals surface area contributed by atoms with Crippen LogP contribution in [-0.4, -0.2) is 62.5 Å². The minimum atomic E-state index is -0.237. The van der Waals surface area contributed by atoms with E-state index in [-0.39, 0.29) is 17.0 Å². The standard InChI is InChI=1S/C18H29N5O2/c1-25-14-18(13-22-15-3-4-15)6-11-23(12-7-18)17(24)16(20)5-10-21-9-2-8-19/h5,10,15,20-22H,2-4,6-7,9,11-14H2,1H3/b10-5-,20-16?. The molecule has 0 aromatic rings. The number of carbonyl (C=O) groups excluding carboxylic acids is 1. The van der Waals surface area contributed by atoms with E-state index in [1.54, 1.807) is 18.2 Å². The van der Waals surface area contributed by atoms with Crippen LogP contribution in [0.1, 0.15) is 32.1 Å². The number of hydrogen-bond donors (Lipinski definition) is 3. The fraction of sp³-hybridized carbons (Fsp3) is 0.722. The first-order valence-electron chi connectivity index (χ1n) is 8.97. The Morgan fingerprint density at radius 3 is 2.76 bits per heavy atom. The number of hydrogen-bond acceptors (Lipinski definition) is 6. The molecule has 138 valence electrons. The summed E-state index contributed by atoms with van der Waals surface area (Å²) in [5.74, 6) is -0.237. The van der Waals surface area contributed by atoms with Crippen LogP contribution in [0.3, 0.4) is 0 Å². The van der Waals surface area contributed by atoms with Gasteiger partial charge in [0.25, 0.3) is 5.91 Å². The molecule has 0 spiro atoms. The molecule has 1 saturated heterocycles. The number of methoxy groups -OCH3 is 1. The summed E-state index contributed by atoms with van der Waals surface area (Å²) in [5.41, 5.74) is 0.0603. The molecule has 0 aromatic carbocycles. The maximum atomic E-state index is 12.4. The van der Waals surface area contributed by atoms with Crippen molar-refractivity contribution in [2.45, 2.75) is 38.1 Å². The van der Waals surface area contributed by atoms with Crippen molar-refractivity contribution in [1.29, 1.82) is 10.7 Å². The number of ether oxygens (including phenoxy) is 1. The monoisotopic (exact) mass is 347 g/mol. The summed E-state index contributed by atoms with van der Waals surface area (Å²) in [6.07, 6.45) is 7.74. The van der Waals surface area contributed by atoms with Crippen molar-refractivity contribution in [3.8, 4) is 6.07 Å². The first-order valence-corrected chi connectivity index (χ1v) is 8.97. The average molecular weight is 347 g/mol. The SMILES string of the molecule is COCC1(CNC2CC2)CCN(C(=O)C(=N)/C=C\NCCC#N)CC1. The predicted molar refractivity (Wildman–Crippen MR) is 96.2 cm³/mol. The molecule has 1 aliphatic carbocycles. The van der Waals surface area contributed by atoms with E-state index in [4.69, 9.17) is 15.4 Å². The lowest BCUT2D eigenvalue weighted by atomic mass is 9.78. The van der Waals surface area contributed by atoms with Gasteiger partial charge in [-0.2, -0.15) is 5.26 Å². The van der Waals surface area contributed by atoms with Gasteiger partial charge in [0, 0.05) is 44.7 Å². The third-order valence-electron chi connectivity index (χ3n) is 4.88. The summed E-state index contributed by atoms with van der Waals surface area (Å²) in [6, 6.07) is 2.70. The molecular weight excluding hydrogens is 318 g/mol. The van der Waals surface area contributed by atoms with Crippen molar-refractivity contribution < 1.29 is 9.53 Å². The lowest BCUT2D eigenvalue weighted by Gasteiger charge is -2.41. The number of carbonyl (C=O) groups is 1. The zero-order valence-electron chi connectivity index (χ0n) is 15.0. The second-order valence-electron chi connectivity index (χ2n) is 6.99. The van der Waals surface area contributed by atoms with E-state index < -0.39 is 0 Å². The highest BCUT2D eigenvalue weighted by Crippen LogP contribution is 2.32. The Balaban J connectivity index is 1.79. The van der Waals surface area contributed by atoms with Crippen molar-refractivity contribution in [2.75, 3.05) is 39.9 Å². The van der Waals surface area contributed by atoms with Gasteiger partial charge in [-0.1, -0.05) is 0 Å². The van der Waals surface area contributed by atoms with Crippen LogP contribution in [0.15, 0.2) is 12.3 Å². The molecule has 2 fully saturated rings. The third-order valence-corrected chi connectivity index (χ3v) is 4.88. The molecule has 1 heterocycles. The second kappa shape index (κ2) is 9.54. The number of nitrogens with one attached hydrogen (secondary N) is 3. The Kier molecular flexibility index (Phi) is 7.41. The van der Waals surface area contributed by atoms with Crippen molar-refractivity contribution in [2.24, 2.45) is 5.41 Å². The van der Waals surface area contributed by atoms with Crippen LogP contribution in [0.2, 0.25) is 0 Å². The van der Waals surface area contributed by atoms with Gasteiger partial charge in [0.15, 0.2) is 0 Å². The summed E-state index contributed by atoms with van der Waals surface area (Å²) in [6.45, 7) is 3.48. The van der Waals surface area contributed by atoms with Gasteiger partial charge < -0.3 is 20.3 Å². The fourth-order valence-corrected chi connectivity index (χ4v) is 3.11. The Labute approximate surface area is 149 Å². The first-order chi connectivity index (χ1) is 12.1. The molecule has 1 aliphatic heterocycles. The van der Waals surface area contributed by atoms with Gasteiger partial charge in [0.2, 0.25) is 0 Å². The number of nitriles is 1. The van der Waals surface area contributed by atoms with Crippen LogP contribution in [0.25, 0.3) is 0 Å². The van der Waals surface area contributed by atoms with E-state index in [9.17, 15) is 4.79 Å². The summed E-state index contributed by atoms with van der Waals surface area (Å²) < 4.78 is 5.44. The molecule has 0 radical (unpaired) electrons. The highest BCUT2D eigenvalue weighted by atomic mass is 16.5. The highest BCUT2D eigenvalue weighted by Gasteiger charge is 2.37. The molecule has 7 nitrogen and oxygen atoms in total. The molecule has 0 atom stereocenters. The molecule has 2 aliphatic rings. The van der Waals surface area contributed by atoms with Crippen molar-refractivity contribution in [1.82, 2.24) is 15.5 Å². The lowest BCUT2D eigenvalue weighted by Crippen LogP contribution is -2.50. The third kappa shape index (κ3) is 6.15. The zero-order chi connectivity index (χ0) is 18.1. The number of likely N-dealkylation sites (tertiary alicyclic amines) is 1. The summed E-state index contributed by atoms with van der Waals surface area (Å²) in [7, 11) is 1.73. The van der Waals surface area contributed by atoms with E-state index in [1.807, 2.05) is 6.07 Å². The Bertz CT molecular complexity index is 528. The first kappa shape index (κ1) is 19.4. The summed E-state index contributed by atoms with van der Waals surface area (Å²) in [5, 5.41) is 22.9. The van der Waals surface area contributed by atoms with Crippen molar-refractivity contribution in [3.05, 3.63) is 12.3 Å². The van der Waals surface area contributed by atoms with Crippen LogP contribution in [0, 0.1) is 22.2 Å². The van der Waals surface area contributed by atoms with Crippen LogP contribution >= 0.6 is 0 Å². The van der Waals surface area contributed by atoms with Crippen molar-refractivity contribution >= 4 is 11.6 Å². The maximum absolute atomic E-state index is 12.4. The maximum Gasteiger partial charge on any atom is 0.271 e. The molecule has 1 amide bonds. The lowest BCUT2D eigenvalue weighted by molar-refractivity contribution is -0.127. The van der Waals surface area contributed by atoms with Gasteiger partial charge in [-0.05, 0) is 38.0 Å². The Morgan fingerprint density at radius 2 is 2.16 bits per heavy atom. The van der Waals surface area contributed by atoms with Gasteiger partial charge in [-0.3, -0.25) is 10.2 Å². The summed E-state index contributed by atoms with van der Waals surface area (Å²) in [4.78, 5) is 14.1. The zero-order valence-corrected chi connectivity index (χ0v) is 15.0. The van der Waals surface area contributed by atoms with E-state index >= 15 is 0 Å². The van der Waals surface area contributed by atoms with Gasteiger partial charge in [-0.25, -0.2) is 0 Å². The van der Waals surface area contributed by atoms with Gasteiger partial charge in [0.05, 0.1) is 19.1 Å². The van der Waals surface area contributed by atoms with Gasteiger partial charge >= 0.3 is 0 Å². The minimum Gasteiger partial charge on any atom is -0.390 e. The molecule has 3 N–H and O–H groups in total. The minimum absolute atomic E-state index is 0.0280. The molecule has 7 heteroatoms. The molecule has 1 saturated carbocycles. The molecule has 2 rings (SSSR count). The van der Waals surface area contributed by atoms with Gasteiger partial charge in [0.1, 0.15) is 5.71 Å². The number of nitrogens with zero attached hydrogens (tertiary/aromatic N) is 2. The number of rotatable bonds is 10. The summed E-state index contributed by atoms with van der Waals surface area (Å²) >= 11 is 0. The Hall–Kier alpha value is -1.91. The fourth-order valence-electron chi connectivity index (χ4n) is 3.11. The van der Waals surface area contributed by atoms with E-state index in [2.05, 4.69) is 10.6 Å².